The van der Waals surface area contributed by atoms with Crippen molar-refractivity contribution < 1.29 is 14.4 Å². The average Bonchev–Trinajstić information content (AvgIpc) is 2.34. The molecule has 7 nitrogen and oxygen atoms in total. The third-order valence-electron chi connectivity index (χ3n) is 2.24. The first-order valence-corrected chi connectivity index (χ1v) is 4.99. The number of ether oxygens (including phenoxy) is 2. The van der Waals surface area contributed by atoms with E-state index >= 15 is 0 Å². The molecule has 0 saturated carbocycles. The molecule has 0 aliphatic heterocycles. The maximum Gasteiger partial charge on any atom is 0.331 e. The Balaban J connectivity index is 2.92. The van der Waals surface area contributed by atoms with Gasteiger partial charge in [0, 0.05) is 26.8 Å². The highest BCUT2D eigenvalue weighted by molar-refractivity contribution is 5.50. The minimum atomic E-state index is -0.523. The number of anilines is 1. The van der Waals surface area contributed by atoms with E-state index < -0.39 is 4.92 Å². The Morgan fingerprint density at radius 1 is 1.47 bits per heavy atom. The van der Waals surface area contributed by atoms with Crippen LogP contribution in [0.4, 0.5) is 11.5 Å². The van der Waals surface area contributed by atoms with Crippen molar-refractivity contribution >= 4 is 11.5 Å². The van der Waals surface area contributed by atoms with Crippen LogP contribution in [-0.4, -0.2) is 44.3 Å². The number of methoxy groups -OCH3 is 2. The normalized spacial score (nSPS) is 10.1. The number of pyridine rings is 1. The maximum absolute atomic E-state index is 10.7. The van der Waals surface area contributed by atoms with Gasteiger partial charge in [0.15, 0.2) is 0 Å². The van der Waals surface area contributed by atoms with Gasteiger partial charge >= 0.3 is 5.69 Å². The molecule has 0 amide bonds. The lowest BCUT2D eigenvalue weighted by Crippen LogP contribution is -2.23. The van der Waals surface area contributed by atoms with Crippen LogP contribution in [0.5, 0.6) is 5.88 Å². The lowest BCUT2D eigenvalue weighted by atomic mass is 10.3. The van der Waals surface area contributed by atoms with E-state index in [-0.39, 0.29) is 11.6 Å². The fraction of sp³-hybridized carbons (Fsp3) is 0.500. The molecule has 1 heterocycles. The van der Waals surface area contributed by atoms with E-state index in [1.807, 2.05) is 11.9 Å². The number of rotatable bonds is 6. The summed E-state index contributed by atoms with van der Waals surface area (Å²) in [5, 5.41) is 10.7. The van der Waals surface area contributed by atoms with Gasteiger partial charge in [-0.1, -0.05) is 0 Å². The highest BCUT2D eigenvalue weighted by atomic mass is 16.6. The van der Waals surface area contributed by atoms with Gasteiger partial charge in [0.2, 0.25) is 0 Å². The predicted molar refractivity (Wildman–Crippen MR) is 62.6 cm³/mol. The standard InChI is InChI=1S/C10H15N3O4/c1-12(6-7-16-2)9-5-4-8(13(14)15)10(11-9)17-3/h4-5H,6-7H2,1-3H3. The largest absolute Gasteiger partial charge is 0.476 e. The molecule has 0 aliphatic carbocycles. The Bertz CT molecular complexity index is 397. The third-order valence-corrected chi connectivity index (χ3v) is 2.24. The first kappa shape index (κ1) is 13.2. The Labute approximate surface area is 99.1 Å². The Hall–Kier alpha value is -1.89. The van der Waals surface area contributed by atoms with Crippen LogP contribution in [0.3, 0.4) is 0 Å². The maximum atomic E-state index is 10.7. The van der Waals surface area contributed by atoms with Gasteiger partial charge < -0.3 is 14.4 Å². The number of hydrogen-bond donors (Lipinski definition) is 0. The zero-order valence-electron chi connectivity index (χ0n) is 10.0. The summed E-state index contributed by atoms with van der Waals surface area (Å²) in [5.74, 6) is 0.612. The average molecular weight is 241 g/mol. The number of aromatic nitrogens is 1. The van der Waals surface area contributed by atoms with Crippen molar-refractivity contribution in [1.29, 1.82) is 0 Å². The molecule has 0 fully saturated rings. The van der Waals surface area contributed by atoms with Crippen LogP contribution < -0.4 is 9.64 Å². The lowest BCUT2D eigenvalue weighted by molar-refractivity contribution is -0.386. The van der Waals surface area contributed by atoms with Crippen molar-refractivity contribution in [2.24, 2.45) is 0 Å². The molecule has 0 saturated heterocycles. The quantitative estimate of drug-likeness (QED) is 0.548. The topological polar surface area (TPSA) is 77.7 Å². The van der Waals surface area contributed by atoms with Crippen molar-refractivity contribution in [1.82, 2.24) is 4.98 Å². The van der Waals surface area contributed by atoms with Crippen molar-refractivity contribution in [3.8, 4) is 5.88 Å². The van der Waals surface area contributed by atoms with Crippen LogP contribution >= 0.6 is 0 Å². The second kappa shape index (κ2) is 6.00. The van der Waals surface area contributed by atoms with Gasteiger partial charge in [0.1, 0.15) is 5.82 Å². The molecule has 1 aromatic rings. The molecule has 0 aliphatic rings. The summed E-state index contributed by atoms with van der Waals surface area (Å²) in [6, 6.07) is 2.96. The summed E-state index contributed by atoms with van der Waals surface area (Å²) < 4.78 is 9.83. The van der Waals surface area contributed by atoms with Gasteiger partial charge in [-0.05, 0) is 6.07 Å². The molecule has 7 heteroatoms. The smallest absolute Gasteiger partial charge is 0.331 e. The molecule has 94 valence electrons. The van der Waals surface area contributed by atoms with Gasteiger partial charge in [-0.3, -0.25) is 10.1 Å². The molecule has 0 bridgehead atoms. The molecule has 0 unspecified atom stereocenters. The first-order valence-electron chi connectivity index (χ1n) is 4.99. The third kappa shape index (κ3) is 3.28. The first-order chi connectivity index (χ1) is 8.10. The van der Waals surface area contributed by atoms with Crippen LogP contribution in [0.25, 0.3) is 0 Å². The van der Waals surface area contributed by atoms with E-state index in [0.29, 0.717) is 19.0 Å². The molecule has 0 N–H and O–H groups in total. The molecule has 0 atom stereocenters. The molecule has 1 rings (SSSR count). The SMILES string of the molecule is COCCN(C)c1ccc([N+](=O)[O-])c(OC)n1. The van der Waals surface area contributed by atoms with Crippen LogP contribution in [0.2, 0.25) is 0 Å². The van der Waals surface area contributed by atoms with Crippen LogP contribution in [0, 0.1) is 10.1 Å². The summed E-state index contributed by atoms with van der Waals surface area (Å²) >= 11 is 0. The van der Waals surface area contributed by atoms with Crippen LogP contribution in [0.1, 0.15) is 0 Å². The van der Waals surface area contributed by atoms with Gasteiger partial charge in [0.05, 0.1) is 18.6 Å². The summed E-state index contributed by atoms with van der Waals surface area (Å²) in [6.07, 6.45) is 0. The van der Waals surface area contributed by atoms with Crippen molar-refractivity contribution in [3.05, 3.63) is 22.2 Å². The van der Waals surface area contributed by atoms with E-state index in [0.717, 1.165) is 0 Å². The second-order valence-electron chi connectivity index (χ2n) is 3.37. The van der Waals surface area contributed by atoms with E-state index in [1.165, 1.54) is 13.2 Å². The number of likely N-dealkylation sites (N-methyl/N-ethyl adjacent to an activating group) is 1. The second-order valence-corrected chi connectivity index (χ2v) is 3.37. The molecular weight excluding hydrogens is 226 g/mol. The molecular formula is C10H15N3O4. The van der Waals surface area contributed by atoms with Gasteiger partial charge in [-0.2, -0.15) is 4.98 Å². The minimum Gasteiger partial charge on any atom is -0.476 e. The molecule has 0 radical (unpaired) electrons. The monoisotopic (exact) mass is 241 g/mol. The summed E-state index contributed by atoms with van der Waals surface area (Å²) in [4.78, 5) is 16.1. The fourth-order valence-electron chi connectivity index (χ4n) is 1.27. The zero-order valence-corrected chi connectivity index (χ0v) is 10.0. The Kier molecular flexibility index (Phi) is 4.65. The lowest BCUT2D eigenvalue weighted by Gasteiger charge is -2.17. The number of nitro groups is 1. The summed E-state index contributed by atoms with van der Waals surface area (Å²) in [6.45, 7) is 1.20. The molecule has 17 heavy (non-hydrogen) atoms. The van der Waals surface area contributed by atoms with Crippen LogP contribution in [0.15, 0.2) is 12.1 Å². The fourth-order valence-corrected chi connectivity index (χ4v) is 1.27. The number of nitrogens with zero attached hydrogens (tertiary/aromatic N) is 3. The van der Waals surface area contributed by atoms with Crippen molar-refractivity contribution in [2.45, 2.75) is 0 Å². The predicted octanol–water partition coefficient (Wildman–Crippen LogP) is 1.08. The van der Waals surface area contributed by atoms with Crippen molar-refractivity contribution in [2.75, 3.05) is 39.3 Å². The van der Waals surface area contributed by atoms with Gasteiger partial charge in [0.25, 0.3) is 5.88 Å². The minimum absolute atomic E-state index is 0.0109. The summed E-state index contributed by atoms with van der Waals surface area (Å²) in [5.41, 5.74) is -0.142. The molecule has 0 spiro atoms. The summed E-state index contributed by atoms with van der Waals surface area (Å²) in [7, 11) is 4.79. The van der Waals surface area contributed by atoms with E-state index in [4.69, 9.17) is 9.47 Å². The molecule has 1 aromatic heterocycles. The Morgan fingerprint density at radius 3 is 2.71 bits per heavy atom. The van der Waals surface area contributed by atoms with Crippen molar-refractivity contribution in [3.63, 3.8) is 0 Å². The van der Waals surface area contributed by atoms with E-state index in [9.17, 15) is 10.1 Å². The van der Waals surface area contributed by atoms with Gasteiger partial charge in [-0.15, -0.1) is 0 Å². The molecule has 0 aromatic carbocycles. The zero-order chi connectivity index (χ0) is 12.8. The highest BCUT2D eigenvalue weighted by Crippen LogP contribution is 2.26. The highest BCUT2D eigenvalue weighted by Gasteiger charge is 2.17. The van der Waals surface area contributed by atoms with E-state index in [2.05, 4.69) is 4.98 Å². The number of hydrogen-bond acceptors (Lipinski definition) is 6. The van der Waals surface area contributed by atoms with E-state index in [1.54, 1.807) is 13.2 Å². The van der Waals surface area contributed by atoms with Crippen LogP contribution in [-0.2, 0) is 4.74 Å². The van der Waals surface area contributed by atoms with Gasteiger partial charge in [-0.25, -0.2) is 0 Å². The Morgan fingerprint density at radius 2 is 2.18 bits per heavy atom.